The number of amides is 2. The number of carbonyl (C=O) groups is 2. The zero-order valence-electron chi connectivity index (χ0n) is 11.1. The predicted molar refractivity (Wildman–Crippen MR) is 81.4 cm³/mol. The van der Waals surface area contributed by atoms with Gasteiger partial charge in [-0.3, -0.25) is 9.59 Å². The number of rotatable bonds is 2. The quantitative estimate of drug-likeness (QED) is 0.906. The molecule has 0 aliphatic carbocycles. The molecule has 1 aliphatic heterocycles. The lowest BCUT2D eigenvalue weighted by atomic mass is 9.95. The minimum Gasteiger partial charge on any atom is -0.444 e. The molecular weight excluding hydrogens is 336 g/mol. The lowest BCUT2D eigenvalue weighted by Gasteiger charge is -2.29. The Morgan fingerprint density at radius 3 is 2.71 bits per heavy atom. The van der Waals surface area contributed by atoms with E-state index in [9.17, 15) is 9.59 Å². The summed E-state index contributed by atoms with van der Waals surface area (Å²) in [5, 5.41) is 0. The van der Waals surface area contributed by atoms with Crippen LogP contribution in [-0.4, -0.2) is 18.4 Å². The van der Waals surface area contributed by atoms with Crippen molar-refractivity contribution >= 4 is 33.4 Å². The molecule has 2 amide bonds. The first-order valence-electron chi connectivity index (χ1n) is 6.57. The number of nitrogens with zero attached hydrogens (tertiary/aromatic N) is 1. The predicted octanol–water partition coefficient (Wildman–Crippen LogP) is 2.73. The fourth-order valence-corrected chi connectivity index (χ4v) is 2.94. The van der Waals surface area contributed by atoms with E-state index in [2.05, 4.69) is 15.9 Å². The lowest BCUT2D eigenvalue weighted by molar-refractivity contribution is 0.0953. The van der Waals surface area contributed by atoms with Crippen molar-refractivity contribution in [2.24, 2.45) is 5.73 Å². The van der Waals surface area contributed by atoms with E-state index in [0.717, 1.165) is 24.1 Å². The number of fused-ring (bicyclic) bond motifs is 1. The topological polar surface area (TPSA) is 76.5 Å². The molecule has 0 saturated heterocycles. The van der Waals surface area contributed by atoms with Crippen molar-refractivity contribution in [2.45, 2.75) is 12.8 Å². The van der Waals surface area contributed by atoms with Gasteiger partial charge in [0.25, 0.3) is 5.91 Å². The molecule has 0 saturated carbocycles. The number of furan rings is 1. The number of nitrogens with two attached hydrogens (primary N) is 1. The Bertz CT molecular complexity index is 723. The fourth-order valence-electron chi connectivity index (χ4n) is 2.63. The molecule has 108 valence electrons. The summed E-state index contributed by atoms with van der Waals surface area (Å²) in [4.78, 5) is 25.7. The first-order valence-corrected chi connectivity index (χ1v) is 7.36. The number of carbonyl (C=O) groups excluding carboxylic acids is 2. The molecule has 0 radical (unpaired) electrons. The van der Waals surface area contributed by atoms with Gasteiger partial charge in [-0.2, -0.15) is 0 Å². The van der Waals surface area contributed by atoms with Gasteiger partial charge >= 0.3 is 0 Å². The van der Waals surface area contributed by atoms with Gasteiger partial charge in [0.1, 0.15) is 0 Å². The summed E-state index contributed by atoms with van der Waals surface area (Å²) in [7, 11) is 0. The molecule has 0 atom stereocenters. The van der Waals surface area contributed by atoms with Crippen LogP contribution in [0.2, 0.25) is 0 Å². The molecule has 6 heteroatoms. The van der Waals surface area contributed by atoms with Crippen LogP contribution in [0.25, 0.3) is 0 Å². The van der Waals surface area contributed by atoms with Crippen LogP contribution in [0.3, 0.4) is 0 Å². The summed E-state index contributed by atoms with van der Waals surface area (Å²) in [5.41, 5.74) is 7.44. The lowest BCUT2D eigenvalue weighted by Crippen LogP contribution is -2.36. The van der Waals surface area contributed by atoms with E-state index in [4.69, 9.17) is 10.2 Å². The fraction of sp³-hybridized carbons (Fsp3) is 0.200. The SMILES string of the molecule is NC(=O)c1cccc2c1CCCN2C(=O)c1ccc(Br)o1. The van der Waals surface area contributed by atoms with Crippen molar-refractivity contribution < 1.29 is 14.0 Å². The van der Waals surface area contributed by atoms with Gasteiger partial charge in [0.15, 0.2) is 10.4 Å². The molecular formula is C15H13BrN2O3. The molecule has 1 aromatic heterocycles. The van der Waals surface area contributed by atoms with Crippen molar-refractivity contribution in [2.75, 3.05) is 11.4 Å². The summed E-state index contributed by atoms with van der Waals surface area (Å²) < 4.78 is 5.83. The van der Waals surface area contributed by atoms with Crippen molar-refractivity contribution in [3.63, 3.8) is 0 Å². The first kappa shape index (κ1) is 13.9. The molecule has 21 heavy (non-hydrogen) atoms. The largest absolute Gasteiger partial charge is 0.444 e. The Morgan fingerprint density at radius 1 is 1.24 bits per heavy atom. The summed E-state index contributed by atoms with van der Waals surface area (Å²) in [5.74, 6) is -0.427. The maximum Gasteiger partial charge on any atom is 0.294 e. The molecule has 0 bridgehead atoms. The molecule has 3 rings (SSSR count). The van der Waals surface area contributed by atoms with Gasteiger partial charge in [0.05, 0.1) is 0 Å². The molecule has 2 heterocycles. The van der Waals surface area contributed by atoms with Crippen LogP contribution in [0.1, 0.15) is 32.9 Å². The average Bonchev–Trinajstić information content (AvgIpc) is 2.91. The third-order valence-corrected chi connectivity index (χ3v) is 3.97. The number of primary amides is 1. The minimum atomic E-state index is -0.470. The number of anilines is 1. The molecule has 0 fully saturated rings. The summed E-state index contributed by atoms with van der Waals surface area (Å²) in [6.45, 7) is 0.590. The van der Waals surface area contributed by atoms with E-state index in [0.29, 0.717) is 16.8 Å². The number of benzene rings is 1. The van der Waals surface area contributed by atoms with Crippen LogP contribution in [0, 0.1) is 0 Å². The van der Waals surface area contributed by atoms with Crippen LogP contribution in [-0.2, 0) is 6.42 Å². The molecule has 5 nitrogen and oxygen atoms in total. The second-order valence-corrected chi connectivity index (χ2v) is 5.61. The molecule has 1 aliphatic rings. The Kier molecular flexibility index (Phi) is 3.55. The van der Waals surface area contributed by atoms with E-state index < -0.39 is 5.91 Å². The van der Waals surface area contributed by atoms with E-state index in [1.54, 1.807) is 29.2 Å². The smallest absolute Gasteiger partial charge is 0.294 e. The van der Waals surface area contributed by atoms with Gasteiger partial charge in [0, 0.05) is 17.8 Å². The van der Waals surface area contributed by atoms with Gasteiger partial charge in [-0.25, -0.2) is 0 Å². The van der Waals surface area contributed by atoms with Crippen molar-refractivity contribution in [1.82, 2.24) is 0 Å². The Morgan fingerprint density at radius 2 is 2.05 bits per heavy atom. The summed E-state index contributed by atoms with van der Waals surface area (Å²) >= 11 is 3.19. The highest BCUT2D eigenvalue weighted by molar-refractivity contribution is 9.10. The normalized spacial score (nSPS) is 13.9. The molecule has 2 N–H and O–H groups in total. The highest BCUT2D eigenvalue weighted by Gasteiger charge is 2.27. The number of halogens is 1. The van der Waals surface area contributed by atoms with Gasteiger partial charge in [-0.15, -0.1) is 0 Å². The van der Waals surface area contributed by atoms with Crippen LogP contribution in [0.5, 0.6) is 0 Å². The molecule has 2 aromatic rings. The van der Waals surface area contributed by atoms with Crippen LogP contribution < -0.4 is 10.6 Å². The van der Waals surface area contributed by atoms with Crippen molar-refractivity contribution in [3.05, 3.63) is 51.9 Å². The van der Waals surface area contributed by atoms with Crippen LogP contribution in [0.15, 0.2) is 39.4 Å². The number of hydrogen-bond acceptors (Lipinski definition) is 3. The van der Waals surface area contributed by atoms with Crippen LogP contribution in [0.4, 0.5) is 5.69 Å². The van der Waals surface area contributed by atoms with E-state index in [-0.39, 0.29) is 11.7 Å². The standard InChI is InChI=1S/C15H13BrN2O3/c16-13-7-6-12(21-13)15(20)18-8-2-4-9-10(14(17)19)3-1-5-11(9)18/h1,3,5-7H,2,4,8H2,(H2,17,19). The molecule has 0 unspecified atom stereocenters. The first-order chi connectivity index (χ1) is 10.1. The van der Waals surface area contributed by atoms with Crippen molar-refractivity contribution in [3.8, 4) is 0 Å². The average molecular weight is 349 g/mol. The zero-order chi connectivity index (χ0) is 15.0. The van der Waals surface area contributed by atoms with Gasteiger partial charge in [-0.05, 0) is 58.6 Å². The van der Waals surface area contributed by atoms with Gasteiger partial charge < -0.3 is 15.1 Å². The number of hydrogen-bond donors (Lipinski definition) is 1. The zero-order valence-corrected chi connectivity index (χ0v) is 12.7. The Balaban J connectivity index is 2.03. The third-order valence-electron chi connectivity index (χ3n) is 3.55. The van der Waals surface area contributed by atoms with Crippen LogP contribution >= 0.6 is 15.9 Å². The monoisotopic (exact) mass is 348 g/mol. The highest BCUT2D eigenvalue weighted by atomic mass is 79.9. The Labute approximate surface area is 129 Å². The summed E-state index contributed by atoms with van der Waals surface area (Å²) in [6.07, 6.45) is 1.52. The highest BCUT2D eigenvalue weighted by Crippen LogP contribution is 2.31. The van der Waals surface area contributed by atoms with Gasteiger partial charge in [-0.1, -0.05) is 6.07 Å². The van der Waals surface area contributed by atoms with E-state index in [1.807, 2.05) is 6.07 Å². The maximum atomic E-state index is 12.6. The van der Waals surface area contributed by atoms with E-state index >= 15 is 0 Å². The second-order valence-electron chi connectivity index (χ2n) is 4.83. The Hall–Kier alpha value is -2.08. The minimum absolute atomic E-state index is 0.219. The summed E-state index contributed by atoms with van der Waals surface area (Å²) in [6, 6.07) is 8.56. The second kappa shape index (κ2) is 5.37. The third kappa shape index (κ3) is 2.47. The molecule has 0 spiro atoms. The maximum absolute atomic E-state index is 12.6. The van der Waals surface area contributed by atoms with Gasteiger partial charge in [0.2, 0.25) is 5.91 Å². The molecule has 1 aromatic carbocycles. The van der Waals surface area contributed by atoms with E-state index in [1.165, 1.54) is 0 Å². The van der Waals surface area contributed by atoms with Crippen molar-refractivity contribution in [1.29, 1.82) is 0 Å².